The highest BCUT2D eigenvalue weighted by molar-refractivity contribution is 7.89. The van der Waals surface area contributed by atoms with Crippen LogP contribution in [-0.4, -0.2) is 33.3 Å². The van der Waals surface area contributed by atoms with Crippen LogP contribution in [0, 0.1) is 5.92 Å². The first kappa shape index (κ1) is 15.7. The molecule has 112 valence electrons. The van der Waals surface area contributed by atoms with Crippen LogP contribution >= 0.6 is 11.6 Å². The van der Waals surface area contributed by atoms with E-state index in [1.54, 1.807) is 6.07 Å². The molecule has 1 atom stereocenters. The molecule has 1 saturated heterocycles. The minimum absolute atomic E-state index is 0.00226. The van der Waals surface area contributed by atoms with Crippen LogP contribution in [0.2, 0.25) is 5.02 Å². The Hall–Kier alpha value is -0.660. The van der Waals surface area contributed by atoms with E-state index in [1.165, 1.54) is 12.1 Å². The summed E-state index contributed by atoms with van der Waals surface area (Å²) in [4.78, 5) is 0.00226. The monoisotopic (exact) mass is 319 g/mol. The summed E-state index contributed by atoms with van der Waals surface area (Å²) in [6, 6.07) is 4.46. The fourth-order valence-corrected chi connectivity index (χ4v) is 3.79. The van der Waals surface area contributed by atoms with E-state index >= 15 is 0 Å². The van der Waals surface area contributed by atoms with Gasteiger partial charge in [0, 0.05) is 13.2 Å². The van der Waals surface area contributed by atoms with E-state index in [4.69, 9.17) is 21.4 Å². The Kier molecular flexibility index (Phi) is 5.40. The molecule has 0 saturated carbocycles. The molecule has 1 aliphatic rings. The molecule has 7 heteroatoms. The Morgan fingerprint density at radius 1 is 1.45 bits per heavy atom. The van der Waals surface area contributed by atoms with Gasteiger partial charge in [-0.25, -0.2) is 13.1 Å². The van der Waals surface area contributed by atoms with Crippen molar-refractivity contribution in [3.05, 3.63) is 28.8 Å². The van der Waals surface area contributed by atoms with Gasteiger partial charge in [-0.3, -0.25) is 0 Å². The van der Waals surface area contributed by atoms with Gasteiger partial charge < -0.3 is 9.84 Å². The predicted molar refractivity (Wildman–Crippen MR) is 76.1 cm³/mol. The lowest BCUT2D eigenvalue weighted by Crippen LogP contribution is -2.33. The number of nitrogens with one attached hydrogen (secondary N) is 1. The van der Waals surface area contributed by atoms with Gasteiger partial charge in [0.25, 0.3) is 0 Å². The average molecular weight is 320 g/mol. The van der Waals surface area contributed by atoms with Crippen LogP contribution < -0.4 is 4.72 Å². The highest BCUT2D eigenvalue weighted by atomic mass is 35.5. The standard InChI is InChI=1S/C13H18ClNO4S/c14-12-4-3-10(8-16)6-13(12)20(17,18)15-7-11-2-1-5-19-9-11/h3-4,6,11,15-16H,1-2,5,7-9H2. The summed E-state index contributed by atoms with van der Waals surface area (Å²) in [7, 11) is -3.67. The van der Waals surface area contributed by atoms with Gasteiger partial charge in [0.2, 0.25) is 10.0 Å². The molecule has 20 heavy (non-hydrogen) atoms. The van der Waals surface area contributed by atoms with E-state index in [0.29, 0.717) is 18.7 Å². The van der Waals surface area contributed by atoms with Crippen molar-refractivity contribution in [2.45, 2.75) is 24.3 Å². The van der Waals surface area contributed by atoms with Crippen molar-refractivity contribution in [1.82, 2.24) is 4.72 Å². The Bertz CT molecular complexity index is 555. The van der Waals surface area contributed by atoms with Crippen molar-refractivity contribution in [2.24, 2.45) is 5.92 Å². The van der Waals surface area contributed by atoms with Crippen molar-refractivity contribution in [1.29, 1.82) is 0 Å². The third-order valence-corrected chi connectivity index (χ3v) is 5.19. The number of aliphatic hydroxyl groups excluding tert-OH is 1. The molecule has 1 fully saturated rings. The van der Waals surface area contributed by atoms with Crippen LogP contribution in [-0.2, 0) is 21.4 Å². The van der Waals surface area contributed by atoms with Crippen molar-refractivity contribution in [3.8, 4) is 0 Å². The van der Waals surface area contributed by atoms with Gasteiger partial charge in [0.15, 0.2) is 0 Å². The lowest BCUT2D eigenvalue weighted by molar-refractivity contribution is 0.0568. The first-order valence-electron chi connectivity index (χ1n) is 6.49. The van der Waals surface area contributed by atoms with Gasteiger partial charge in [-0.05, 0) is 36.5 Å². The second-order valence-electron chi connectivity index (χ2n) is 4.86. The van der Waals surface area contributed by atoms with Crippen LogP contribution in [0.25, 0.3) is 0 Å². The lowest BCUT2D eigenvalue weighted by Gasteiger charge is -2.22. The zero-order valence-corrected chi connectivity index (χ0v) is 12.6. The maximum Gasteiger partial charge on any atom is 0.242 e. The van der Waals surface area contributed by atoms with E-state index in [9.17, 15) is 8.42 Å². The second kappa shape index (κ2) is 6.87. The molecule has 0 aliphatic carbocycles. The fourth-order valence-electron chi connectivity index (χ4n) is 2.13. The van der Waals surface area contributed by atoms with Gasteiger partial charge in [0.05, 0.1) is 18.2 Å². The van der Waals surface area contributed by atoms with E-state index < -0.39 is 10.0 Å². The lowest BCUT2D eigenvalue weighted by atomic mass is 10.0. The summed E-state index contributed by atoms with van der Waals surface area (Å²) in [5.41, 5.74) is 0.510. The number of ether oxygens (including phenoxy) is 1. The molecule has 1 aliphatic heterocycles. The molecule has 1 aromatic rings. The molecule has 1 unspecified atom stereocenters. The SMILES string of the molecule is O=S(=O)(NCC1CCCOC1)c1cc(CO)ccc1Cl. The van der Waals surface area contributed by atoms with Gasteiger partial charge in [0.1, 0.15) is 4.90 Å². The predicted octanol–water partition coefficient (Wildman–Crippen LogP) is 1.54. The van der Waals surface area contributed by atoms with Crippen molar-refractivity contribution >= 4 is 21.6 Å². The number of hydrogen-bond acceptors (Lipinski definition) is 4. The molecular weight excluding hydrogens is 302 g/mol. The molecular formula is C13H18ClNO4S. The maximum absolute atomic E-state index is 12.2. The average Bonchev–Trinajstić information content (AvgIpc) is 2.47. The minimum Gasteiger partial charge on any atom is -0.392 e. The van der Waals surface area contributed by atoms with E-state index in [1.807, 2.05) is 0 Å². The highest BCUT2D eigenvalue weighted by Crippen LogP contribution is 2.23. The molecule has 1 heterocycles. The molecule has 1 aromatic carbocycles. The Labute approximate surface area is 124 Å². The van der Waals surface area contributed by atoms with Gasteiger partial charge in [-0.15, -0.1) is 0 Å². The Morgan fingerprint density at radius 3 is 2.90 bits per heavy atom. The number of sulfonamides is 1. The Balaban J connectivity index is 2.09. The van der Waals surface area contributed by atoms with E-state index in [0.717, 1.165) is 19.4 Å². The highest BCUT2D eigenvalue weighted by Gasteiger charge is 2.21. The van der Waals surface area contributed by atoms with Gasteiger partial charge in [-0.1, -0.05) is 17.7 Å². The van der Waals surface area contributed by atoms with Crippen molar-refractivity contribution < 1.29 is 18.3 Å². The molecule has 0 amide bonds. The summed E-state index contributed by atoms with van der Waals surface area (Å²) < 4.78 is 32.4. The molecule has 0 spiro atoms. The van der Waals surface area contributed by atoms with E-state index in [2.05, 4.69) is 4.72 Å². The largest absolute Gasteiger partial charge is 0.392 e. The van der Waals surface area contributed by atoms with Crippen molar-refractivity contribution in [2.75, 3.05) is 19.8 Å². The summed E-state index contributed by atoms with van der Waals surface area (Å²) in [5.74, 6) is 0.193. The molecule has 2 N–H and O–H groups in total. The molecule has 0 bridgehead atoms. The van der Waals surface area contributed by atoms with E-state index in [-0.39, 0.29) is 22.4 Å². The third kappa shape index (κ3) is 3.93. The van der Waals surface area contributed by atoms with Gasteiger partial charge >= 0.3 is 0 Å². The first-order chi connectivity index (χ1) is 9.53. The second-order valence-corrected chi connectivity index (χ2v) is 7.00. The van der Waals surface area contributed by atoms with Crippen molar-refractivity contribution in [3.63, 3.8) is 0 Å². The van der Waals surface area contributed by atoms with Gasteiger partial charge in [-0.2, -0.15) is 0 Å². The number of aliphatic hydroxyl groups is 1. The van der Waals surface area contributed by atoms with Crippen LogP contribution in [0.1, 0.15) is 18.4 Å². The number of hydrogen-bond donors (Lipinski definition) is 2. The zero-order valence-electron chi connectivity index (χ0n) is 11.0. The molecule has 2 rings (SSSR count). The summed E-state index contributed by atoms with van der Waals surface area (Å²) >= 11 is 5.93. The number of halogens is 1. The topological polar surface area (TPSA) is 75.6 Å². The summed E-state index contributed by atoms with van der Waals surface area (Å²) in [6.45, 7) is 1.43. The number of benzene rings is 1. The smallest absolute Gasteiger partial charge is 0.242 e. The quantitative estimate of drug-likeness (QED) is 0.863. The normalized spacial score (nSPS) is 20.0. The van der Waals surface area contributed by atoms with Crippen LogP contribution in [0.5, 0.6) is 0 Å². The van der Waals surface area contributed by atoms with Crippen LogP contribution in [0.15, 0.2) is 23.1 Å². The third-order valence-electron chi connectivity index (χ3n) is 3.28. The first-order valence-corrected chi connectivity index (χ1v) is 8.36. The molecule has 0 radical (unpaired) electrons. The van der Waals surface area contributed by atoms with Crippen LogP contribution in [0.4, 0.5) is 0 Å². The fraction of sp³-hybridized carbons (Fsp3) is 0.538. The minimum atomic E-state index is -3.67. The molecule has 5 nitrogen and oxygen atoms in total. The maximum atomic E-state index is 12.2. The Morgan fingerprint density at radius 2 is 2.25 bits per heavy atom. The summed E-state index contributed by atoms with van der Waals surface area (Å²) in [5, 5.41) is 9.23. The number of rotatable bonds is 5. The molecule has 0 aromatic heterocycles. The summed E-state index contributed by atoms with van der Waals surface area (Å²) in [6.07, 6.45) is 1.90. The zero-order chi connectivity index (χ0) is 14.6. The van der Waals surface area contributed by atoms with Crippen LogP contribution in [0.3, 0.4) is 0 Å².